The van der Waals surface area contributed by atoms with E-state index in [1.54, 1.807) is 25.7 Å². The topological polar surface area (TPSA) is 71.1 Å². The summed E-state index contributed by atoms with van der Waals surface area (Å²) in [5.41, 5.74) is 1.93. The van der Waals surface area contributed by atoms with Gasteiger partial charge in [-0.25, -0.2) is 4.98 Å². The third kappa shape index (κ3) is 2.95. The first-order chi connectivity index (χ1) is 10.3. The van der Waals surface area contributed by atoms with Gasteiger partial charge in [0.25, 0.3) is 0 Å². The Morgan fingerprint density at radius 1 is 1.48 bits per heavy atom. The molecule has 3 rings (SSSR count). The van der Waals surface area contributed by atoms with Crippen LogP contribution in [0.5, 0.6) is 0 Å². The van der Waals surface area contributed by atoms with Gasteiger partial charge in [0.15, 0.2) is 0 Å². The number of rotatable bonds is 5. The van der Waals surface area contributed by atoms with E-state index in [2.05, 4.69) is 15.0 Å². The van der Waals surface area contributed by atoms with Crippen molar-refractivity contribution in [3.05, 3.63) is 36.5 Å². The third-order valence-electron chi connectivity index (χ3n) is 3.73. The molecule has 1 aliphatic heterocycles. The number of methoxy groups -OCH3 is 1. The van der Waals surface area contributed by atoms with Gasteiger partial charge < -0.3 is 14.6 Å². The Morgan fingerprint density at radius 2 is 2.38 bits per heavy atom. The standard InChI is InChI=1S/C15H18N4O2/c1-21-6-5-19-10-12(7-14(19)20)15-17-9-13(18-15)11-3-2-4-16-8-11/h2-4,8-9,12H,5-7,10H2,1H3,(H,17,18)/t12-/m1/s1. The molecule has 3 heterocycles. The molecule has 0 bridgehead atoms. The van der Waals surface area contributed by atoms with Crippen molar-refractivity contribution in [2.45, 2.75) is 12.3 Å². The molecular formula is C15H18N4O2. The molecule has 0 saturated carbocycles. The average Bonchev–Trinajstić information content (AvgIpc) is 3.13. The Morgan fingerprint density at radius 3 is 3.14 bits per heavy atom. The highest BCUT2D eigenvalue weighted by Crippen LogP contribution is 2.27. The Balaban J connectivity index is 1.71. The Hall–Kier alpha value is -2.21. The van der Waals surface area contributed by atoms with E-state index in [0.29, 0.717) is 26.1 Å². The Bertz CT molecular complexity index is 611. The number of aromatic amines is 1. The Kier molecular flexibility index (Phi) is 3.96. The number of likely N-dealkylation sites (tertiary alicyclic amines) is 1. The molecule has 0 aromatic carbocycles. The van der Waals surface area contributed by atoms with Crippen molar-refractivity contribution < 1.29 is 9.53 Å². The summed E-state index contributed by atoms with van der Waals surface area (Å²) in [6, 6.07) is 3.87. The summed E-state index contributed by atoms with van der Waals surface area (Å²) in [6.07, 6.45) is 5.84. The molecule has 2 aromatic heterocycles. The second-order valence-electron chi connectivity index (χ2n) is 5.16. The Labute approximate surface area is 123 Å². The molecule has 21 heavy (non-hydrogen) atoms. The first kappa shape index (κ1) is 13.8. The van der Waals surface area contributed by atoms with Gasteiger partial charge in [0.1, 0.15) is 5.82 Å². The summed E-state index contributed by atoms with van der Waals surface area (Å²) in [5, 5.41) is 0. The molecule has 6 nitrogen and oxygen atoms in total. The molecule has 0 aliphatic carbocycles. The number of hydrogen-bond donors (Lipinski definition) is 1. The van der Waals surface area contributed by atoms with Crippen LogP contribution in [0, 0.1) is 0 Å². The molecule has 0 spiro atoms. The number of carbonyl (C=O) groups is 1. The average molecular weight is 286 g/mol. The SMILES string of the molecule is COCCN1C[C@H](c2ncc(-c3cccnc3)[nH]2)CC1=O. The maximum absolute atomic E-state index is 12.0. The van der Waals surface area contributed by atoms with Crippen LogP contribution in [0.3, 0.4) is 0 Å². The molecule has 110 valence electrons. The summed E-state index contributed by atoms with van der Waals surface area (Å²) in [6.45, 7) is 1.90. The second-order valence-corrected chi connectivity index (χ2v) is 5.16. The molecule has 2 aromatic rings. The van der Waals surface area contributed by atoms with Gasteiger partial charge in [0.2, 0.25) is 5.91 Å². The van der Waals surface area contributed by atoms with Crippen LogP contribution in [0.4, 0.5) is 0 Å². The fourth-order valence-corrected chi connectivity index (χ4v) is 2.59. The van der Waals surface area contributed by atoms with Crippen molar-refractivity contribution in [2.24, 2.45) is 0 Å². The van der Waals surface area contributed by atoms with E-state index < -0.39 is 0 Å². The van der Waals surface area contributed by atoms with Gasteiger partial charge in [-0.3, -0.25) is 9.78 Å². The fraction of sp³-hybridized carbons (Fsp3) is 0.400. The predicted molar refractivity (Wildman–Crippen MR) is 77.6 cm³/mol. The van der Waals surface area contributed by atoms with Crippen molar-refractivity contribution in [2.75, 3.05) is 26.8 Å². The van der Waals surface area contributed by atoms with Gasteiger partial charge in [-0.05, 0) is 12.1 Å². The lowest BCUT2D eigenvalue weighted by Crippen LogP contribution is -2.28. The normalized spacial score (nSPS) is 18.4. The smallest absolute Gasteiger partial charge is 0.223 e. The molecule has 1 fully saturated rings. The molecule has 6 heteroatoms. The van der Waals surface area contributed by atoms with Crippen LogP contribution in [0.1, 0.15) is 18.2 Å². The number of pyridine rings is 1. The lowest BCUT2D eigenvalue weighted by Gasteiger charge is -2.15. The van der Waals surface area contributed by atoms with E-state index >= 15 is 0 Å². The van der Waals surface area contributed by atoms with Crippen molar-refractivity contribution in [1.82, 2.24) is 19.9 Å². The van der Waals surface area contributed by atoms with Crippen LogP contribution >= 0.6 is 0 Å². The van der Waals surface area contributed by atoms with Crippen LogP contribution in [0.25, 0.3) is 11.3 Å². The number of ether oxygens (including phenoxy) is 1. The fourth-order valence-electron chi connectivity index (χ4n) is 2.59. The van der Waals surface area contributed by atoms with E-state index in [1.807, 2.05) is 17.0 Å². The zero-order valence-electron chi connectivity index (χ0n) is 12.0. The van der Waals surface area contributed by atoms with Crippen LogP contribution in [-0.4, -0.2) is 52.6 Å². The van der Waals surface area contributed by atoms with Crippen LogP contribution < -0.4 is 0 Å². The summed E-state index contributed by atoms with van der Waals surface area (Å²) in [4.78, 5) is 25.6. The number of aromatic nitrogens is 3. The summed E-state index contributed by atoms with van der Waals surface area (Å²) < 4.78 is 5.03. The van der Waals surface area contributed by atoms with E-state index in [1.165, 1.54) is 0 Å². The number of nitrogens with zero attached hydrogens (tertiary/aromatic N) is 3. The van der Waals surface area contributed by atoms with Crippen LogP contribution in [-0.2, 0) is 9.53 Å². The summed E-state index contributed by atoms with van der Waals surface area (Å²) in [7, 11) is 1.64. The minimum Gasteiger partial charge on any atom is -0.383 e. The van der Waals surface area contributed by atoms with Gasteiger partial charge in [0.05, 0.1) is 18.5 Å². The molecule has 1 aliphatic rings. The monoisotopic (exact) mass is 286 g/mol. The van der Waals surface area contributed by atoms with Crippen LogP contribution in [0.15, 0.2) is 30.7 Å². The molecule has 0 unspecified atom stereocenters. The molecule has 1 saturated heterocycles. The van der Waals surface area contributed by atoms with Gasteiger partial charge in [0, 0.05) is 50.5 Å². The lowest BCUT2D eigenvalue weighted by atomic mass is 10.1. The quantitative estimate of drug-likeness (QED) is 0.902. The maximum atomic E-state index is 12.0. The lowest BCUT2D eigenvalue weighted by molar-refractivity contribution is -0.128. The highest BCUT2D eigenvalue weighted by Gasteiger charge is 2.32. The molecule has 1 amide bonds. The van der Waals surface area contributed by atoms with Gasteiger partial charge in [-0.1, -0.05) is 0 Å². The molecule has 0 radical (unpaired) electrons. The zero-order valence-corrected chi connectivity index (χ0v) is 12.0. The number of imidazole rings is 1. The summed E-state index contributed by atoms with van der Waals surface area (Å²) >= 11 is 0. The van der Waals surface area contributed by atoms with Crippen molar-refractivity contribution in [3.63, 3.8) is 0 Å². The molecule has 1 atom stereocenters. The largest absolute Gasteiger partial charge is 0.383 e. The van der Waals surface area contributed by atoms with E-state index in [9.17, 15) is 4.79 Å². The van der Waals surface area contributed by atoms with E-state index in [-0.39, 0.29) is 11.8 Å². The van der Waals surface area contributed by atoms with E-state index in [0.717, 1.165) is 17.1 Å². The van der Waals surface area contributed by atoms with Crippen molar-refractivity contribution in [3.8, 4) is 11.3 Å². The van der Waals surface area contributed by atoms with Gasteiger partial charge in [-0.15, -0.1) is 0 Å². The van der Waals surface area contributed by atoms with Gasteiger partial charge in [-0.2, -0.15) is 0 Å². The number of carbonyl (C=O) groups excluding carboxylic acids is 1. The highest BCUT2D eigenvalue weighted by molar-refractivity contribution is 5.79. The number of hydrogen-bond acceptors (Lipinski definition) is 4. The summed E-state index contributed by atoms with van der Waals surface area (Å²) in [5.74, 6) is 1.15. The van der Waals surface area contributed by atoms with Crippen molar-refractivity contribution >= 4 is 5.91 Å². The number of H-pyrrole nitrogens is 1. The second kappa shape index (κ2) is 6.05. The first-order valence-corrected chi connectivity index (χ1v) is 7.00. The minimum absolute atomic E-state index is 0.125. The third-order valence-corrected chi connectivity index (χ3v) is 3.73. The zero-order chi connectivity index (χ0) is 14.7. The predicted octanol–water partition coefficient (Wildman–Crippen LogP) is 1.43. The maximum Gasteiger partial charge on any atom is 0.223 e. The molecular weight excluding hydrogens is 268 g/mol. The first-order valence-electron chi connectivity index (χ1n) is 7.00. The molecule has 1 N–H and O–H groups in total. The number of amides is 1. The van der Waals surface area contributed by atoms with Crippen LogP contribution in [0.2, 0.25) is 0 Å². The van der Waals surface area contributed by atoms with E-state index in [4.69, 9.17) is 4.74 Å². The van der Waals surface area contributed by atoms with Crippen molar-refractivity contribution in [1.29, 1.82) is 0 Å². The number of nitrogens with one attached hydrogen (secondary N) is 1. The minimum atomic E-state index is 0.125. The highest BCUT2D eigenvalue weighted by atomic mass is 16.5. The van der Waals surface area contributed by atoms with Gasteiger partial charge >= 0.3 is 0 Å².